The van der Waals surface area contributed by atoms with Crippen LogP contribution in [0.25, 0.3) is 0 Å². The van der Waals surface area contributed by atoms with Crippen molar-refractivity contribution in [3.63, 3.8) is 0 Å². The molecule has 0 aliphatic rings. The van der Waals surface area contributed by atoms with Gasteiger partial charge in [0.25, 0.3) is 0 Å². The maximum atomic E-state index is 13.1. The van der Waals surface area contributed by atoms with Crippen molar-refractivity contribution in [3.05, 3.63) is 0 Å². The minimum atomic E-state index is -4.96. The predicted molar refractivity (Wildman–Crippen MR) is 391 cm³/mol. The summed E-state index contributed by atoms with van der Waals surface area (Å²) in [4.78, 5) is 72.9. The van der Waals surface area contributed by atoms with Crippen LogP contribution in [-0.4, -0.2) is 96.7 Å². The Labute approximate surface area is 588 Å². The summed E-state index contributed by atoms with van der Waals surface area (Å²) >= 11 is 0. The van der Waals surface area contributed by atoms with Crippen LogP contribution < -0.4 is 0 Å². The zero-order chi connectivity index (χ0) is 70.9. The van der Waals surface area contributed by atoms with Gasteiger partial charge in [-0.2, -0.15) is 0 Å². The smallest absolute Gasteiger partial charge is 0.462 e. The molecule has 570 valence electrons. The van der Waals surface area contributed by atoms with Crippen molar-refractivity contribution >= 4 is 39.5 Å². The number of aliphatic hydroxyl groups excluding tert-OH is 1. The SMILES string of the molecule is CCCCCCCCCCCCCCCCCCCCCC(=O)O[C@H](COC(=O)CCCCCCCCCCCCCC(C)C)COP(=O)(O)OC[C@@H](O)COP(=O)(O)OC[C@@H](COC(=O)CCCCCCCCCCC(C)C)OC(=O)CCCCCCCCCCC(C)CC. The molecule has 0 rings (SSSR count). The maximum absolute atomic E-state index is 13.1. The van der Waals surface area contributed by atoms with Crippen molar-refractivity contribution < 1.29 is 80.2 Å². The Hall–Kier alpha value is -1.94. The molecular weight excluding hydrogens is 1260 g/mol. The first-order chi connectivity index (χ1) is 46.3. The normalized spacial score (nSPS) is 14.3. The van der Waals surface area contributed by atoms with E-state index in [1.165, 1.54) is 205 Å². The van der Waals surface area contributed by atoms with Gasteiger partial charge in [-0.25, -0.2) is 9.13 Å². The monoisotopic (exact) mass is 1410 g/mol. The number of phosphoric acid groups is 2. The molecule has 0 spiro atoms. The van der Waals surface area contributed by atoms with E-state index in [0.717, 1.165) is 108 Å². The highest BCUT2D eigenvalue weighted by Gasteiger charge is 2.30. The minimum Gasteiger partial charge on any atom is -0.462 e. The molecule has 0 bridgehead atoms. The van der Waals surface area contributed by atoms with Crippen molar-refractivity contribution in [1.29, 1.82) is 0 Å². The lowest BCUT2D eigenvalue weighted by molar-refractivity contribution is -0.161. The fourth-order valence-electron chi connectivity index (χ4n) is 11.7. The summed E-state index contributed by atoms with van der Waals surface area (Å²) in [6, 6.07) is 0. The molecule has 3 unspecified atom stereocenters. The van der Waals surface area contributed by atoms with E-state index in [1.54, 1.807) is 0 Å². The summed E-state index contributed by atoms with van der Waals surface area (Å²) in [5.74, 6) is 0.148. The zero-order valence-corrected chi connectivity index (χ0v) is 64.6. The molecule has 0 saturated heterocycles. The molecule has 3 N–H and O–H groups in total. The third-order valence-electron chi connectivity index (χ3n) is 18.2. The summed E-state index contributed by atoms with van der Waals surface area (Å²) in [6.07, 6.45) is 54.1. The van der Waals surface area contributed by atoms with Crippen LogP contribution in [0.5, 0.6) is 0 Å². The molecule has 0 heterocycles. The second kappa shape index (κ2) is 67.5. The Morgan fingerprint density at radius 2 is 0.531 bits per heavy atom. The van der Waals surface area contributed by atoms with E-state index in [0.29, 0.717) is 25.7 Å². The van der Waals surface area contributed by atoms with Crippen molar-refractivity contribution in [2.75, 3.05) is 39.6 Å². The third kappa shape index (κ3) is 69.2. The van der Waals surface area contributed by atoms with Gasteiger partial charge in [0.15, 0.2) is 12.2 Å². The molecule has 17 nitrogen and oxygen atoms in total. The molecule has 0 amide bonds. The van der Waals surface area contributed by atoms with Crippen LogP contribution in [0.3, 0.4) is 0 Å². The first-order valence-electron chi connectivity index (χ1n) is 39.9. The molecule has 0 aliphatic heterocycles. The minimum absolute atomic E-state index is 0.104. The molecule has 0 aromatic heterocycles. The maximum Gasteiger partial charge on any atom is 0.472 e. The fourth-order valence-corrected chi connectivity index (χ4v) is 13.3. The molecule has 0 saturated carbocycles. The topological polar surface area (TPSA) is 237 Å². The van der Waals surface area contributed by atoms with E-state index in [9.17, 15) is 43.2 Å². The second-order valence-electron chi connectivity index (χ2n) is 28.9. The van der Waals surface area contributed by atoms with Gasteiger partial charge in [0, 0.05) is 25.7 Å². The van der Waals surface area contributed by atoms with Gasteiger partial charge in [-0.05, 0) is 43.4 Å². The molecule has 0 fully saturated rings. The van der Waals surface area contributed by atoms with Gasteiger partial charge in [0.05, 0.1) is 26.4 Å². The lowest BCUT2D eigenvalue weighted by Crippen LogP contribution is -2.30. The fraction of sp³-hybridized carbons (Fsp3) is 0.948. The first kappa shape index (κ1) is 94.1. The molecule has 96 heavy (non-hydrogen) atoms. The van der Waals surface area contributed by atoms with E-state index in [-0.39, 0.29) is 25.7 Å². The van der Waals surface area contributed by atoms with Gasteiger partial charge in [-0.1, -0.05) is 344 Å². The van der Waals surface area contributed by atoms with Crippen molar-refractivity contribution in [1.82, 2.24) is 0 Å². The Bertz CT molecular complexity index is 1870. The number of aliphatic hydroxyl groups is 1. The summed E-state index contributed by atoms with van der Waals surface area (Å²) in [6.45, 7) is 11.9. The average molecular weight is 1410 g/mol. The zero-order valence-electron chi connectivity index (χ0n) is 62.8. The summed E-state index contributed by atoms with van der Waals surface area (Å²) < 4.78 is 68.6. The highest BCUT2D eigenvalue weighted by Crippen LogP contribution is 2.45. The number of carbonyl (C=O) groups excluding carboxylic acids is 4. The Kier molecular flexibility index (Phi) is 66.2. The largest absolute Gasteiger partial charge is 0.472 e. The van der Waals surface area contributed by atoms with E-state index in [2.05, 4.69) is 48.5 Å². The van der Waals surface area contributed by atoms with Crippen LogP contribution in [0.4, 0.5) is 0 Å². The first-order valence-corrected chi connectivity index (χ1v) is 42.9. The molecule has 0 aromatic carbocycles. The van der Waals surface area contributed by atoms with Gasteiger partial charge < -0.3 is 33.8 Å². The number of ether oxygens (including phenoxy) is 4. The van der Waals surface area contributed by atoms with Crippen LogP contribution >= 0.6 is 15.6 Å². The summed E-state index contributed by atoms with van der Waals surface area (Å²) in [7, 11) is -9.91. The van der Waals surface area contributed by atoms with Gasteiger partial charge in [0.1, 0.15) is 19.3 Å². The second-order valence-corrected chi connectivity index (χ2v) is 31.8. The number of carbonyl (C=O) groups is 4. The lowest BCUT2D eigenvalue weighted by Gasteiger charge is -2.21. The van der Waals surface area contributed by atoms with Gasteiger partial charge in [-0.3, -0.25) is 37.3 Å². The van der Waals surface area contributed by atoms with Crippen molar-refractivity contribution in [2.45, 2.75) is 414 Å². The highest BCUT2D eigenvalue weighted by molar-refractivity contribution is 7.47. The third-order valence-corrected chi connectivity index (χ3v) is 20.1. The van der Waals surface area contributed by atoms with E-state index in [1.807, 2.05) is 0 Å². The number of unbranched alkanes of at least 4 members (excludes halogenated alkanes) is 42. The highest BCUT2D eigenvalue weighted by atomic mass is 31.2. The molecule has 0 radical (unpaired) electrons. The molecule has 0 aromatic rings. The van der Waals surface area contributed by atoms with E-state index < -0.39 is 97.5 Å². The van der Waals surface area contributed by atoms with E-state index >= 15 is 0 Å². The van der Waals surface area contributed by atoms with Crippen LogP contribution in [-0.2, 0) is 65.4 Å². The van der Waals surface area contributed by atoms with E-state index in [4.69, 9.17) is 37.0 Å². The Morgan fingerprint density at radius 1 is 0.302 bits per heavy atom. The number of hydrogen-bond donors (Lipinski definition) is 3. The van der Waals surface area contributed by atoms with Gasteiger partial charge in [0.2, 0.25) is 0 Å². The quantitative estimate of drug-likeness (QED) is 0.0222. The Balaban J connectivity index is 5.24. The molecular formula is C77H150O17P2. The van der Waals surface area contributed by atoms with Crippen LogP contribution in [0.1, 0.15) is 395 Å². The van der Waals surface area contributed by atoms with Crippen LogP contribution in [0.2, 0.25) is 0 Å². The molecule has 19 heteroatoms. The van der Waals surface area contributed by atoms with Crippen LogP contribution in [0.15, 0.2) is 0 Å². The van der Waals surface area contributed by atoms with Crippen molar-refractivity contribution in [2.24, 2.45) is 17.8 Å². The standard InChI is InChI=1S/C77H150O17P2/c1-8-10-11-12-13-14-15-16-17-18-19-20-21-22-25-29-39-46-53-60-76(81)93-72(64-87-74(79)58-51-44-37-28-26-23-24-27-34-41-48-55-68(3)4)66-91-95(83,84)89-62-71(78)63-90-96(85,86)92-67-73(65-88-75(80)59-52-45-38-32-30-35-42-49-56-69(5)6)94-77(82)61-54-47-40-33-31-36-43-50-57-70(7)9-2/h68-73,78H,8-67H2,1-7H3,(H,83,84)(H,85,86)/t70?,71-,72-,73-/m1/s1. The molecule has 0 aliphatic carbocycles. The summed E-state index contributed by atoms with van der Waals surface area (Å²) in [5.41, 5.74) is 0. The number of rotatable bonds is 75. The van der Waals surface area contributed by atoms with Crippen molar-refractivity contribution in [3.8, 4) is 0 Å². The number of hydrogen-bond acceptors (Lipinski definition) is 15. The predicted octanol–water partition coefficient (Wildman–Crippen LogP) is 22.6. The Morgan fingerprint density at radius 3 is 0.792 bits per heavy atom. The number of esters is 4. The van der Waals surface area contributed by atoms with Gasteiger partial charge >= 0.3 is 39.5 Å². The lowest BCUT2D eigenvalue weighted by atomic mass is 9.99. The summed E-state index contributed by atoms with van der Waals surface area (Å²) in [5, 5.41) is 10.6. The van der Waals surface area contributed by atoms with Crippen LogP contribution in [0, 0.1) is 17.8 Å². The number of phosphoric ester groups is 2. The average Bonchev–Trinajstić information content (AvgIpc) is 1.27. The van der Waals surface area contributed by atoms with Gasteiger partial charge in [-0.15, -0.1) is 0 Å². The molecule has 6 atom stereocenters.